The minimum absolute atomic E-state index is 0.0327. The molecule has 24 heavy (non-hydrogen) atoms. The molecule has 2 amide bonds. The number of carbonyl (C=O) groups excluding carboxylic acids is 2. The smallest absolute Gasteiger partial charge is 0.242 e. The number of hydrogen-bond acceptors (Lipinski definition) is 4. The molecule has 6 heteroatoms. The number of rotatable bonds is 3. The van der Waals surface area contributed by atoms with Crippen LogP contribution in [-0.2, 0) is 16.0 Å². The molecular weight excluding hydrogens is 304 g/mol. The van der Waals surface area contributed by atoms with Gasteiger partial charge in [-0.1, -0.05) is 6.07 Å². The van der Waals surface area contributed by atoms with E-state index >= 15 is 0 Å². The van der Waals surface area contributed by atoms with Crippen molar-refractivity contribution in [1.29, 1.82) is 0 Å². The molecule has 6 nitrogen and oxygen atoms in total. The van der Waals surface area contributed by atoms with E-state index in [-0.39, 0.29) is 17.9 Å². The third-order valence-electron chi connectivity index (χ3n) is 4.89. The highest BCUT2D eigenvalue weighted by molar-refractivity contribution is 5.83. The van der Waals surface area contributed by atoms with Gasteiger partial charge in [-0.2, -0.15) is 0 Å². The third-order valence-corrected chi connectivity index (χ3v) is 4.89. The average molecular weight is 330 g/mol. The van der Waals surface area contributed by atoms with Gasteiger partial charge in [-0.25, -0.2) is 0 Å². The number of hydrogen-bond donors (Lipinski definition) is 2. The van der Waals surface area contributed by atoms with Crippen molar-refractivity contribution in [2.75, 3.05) is 36.8 Å². The van der Waals surface area contributed by atoms with Gasteiger partial charge in [0.15, 0.2) is 0 Å². The number of anilines is 2. The van der Waals surface area contributed by atoms with E-state index in [1.807, 2.05) is 17.0 Å². The SMILES string of the molecule is CC(=O)NC1CCCN(C(=O)CN2CCCc3c(N)cccc32)C1. The highest BCUT2D eigenvalue weighted by atomic mass is 16.2. The highest BCUT2D eigenvalue weighted by Crippen LogP contribution is 2.31. The van der Waals surface area contributed by atoms with Crippen LogP contribution in [0.1, 0.15) is 31.7 Å². The first-order valence-corrected chi connectivity index (χ1v) is 8.72. The summed E-state index contributed by atoms with van der Waals surface area (Å²) in [5.41, 5.74) is 9.14. The summed E-state index contributed by atoms with van der Waals surface area (Å²) in [6, 6.07) is 6.00. The van der Waals surface area contributed by atoms with Gasteiger partial charge in [-0.3, -0.25) is 9.59 Å². The standard InChI is InChI=1S/C18H26N4O2/c1-13(23)20-14-5-3-10-22(11-14)18(24)12-21-9-4-6-15-16(19)7-2-8-17(15)21/h2,7-8,14H,3-6,9-12,19H2,1H3,(H,20,23). The van der Waals surface area contributed by atoms with Crippen molar-refractivity contribution >= 4 is 23.2 Å². The second kappa shape index (κ2) is 7.11. The van der Waals surface area contributed by atoms with Crippen molar-refractivity contribution in [1.82, 2.24) is 10.2 Å². The number of benzene rings is 1. The molecule has 0 saturated carbocycles. The van der Waals surface area contributed by atoms with Crippen LogP contribution in [0, 0.1) is 0 Å². The van der Waals surface area contributed by atoms with Gasteiger partial charge in [-0.15, -0.1) is 0 Å². The van der Waals surface area contributed by atoms with Crippen molar-refractivity contribution in [3.05, 3.63) is 23.8 Å². The fourth-order valence-corrected chi connectivity index (χ4v) is 3.76. The molecule has 3 rings (SSSR count). The van der Waals surface area contributed by atoms with Crippen LogP contribution in [0.2, 0.25) is 0 Å². The first-order valence-electron chi connectivity index (χ1n) is 8.72. The van der Waals surface area contributed by atoms with E-state index in [1.54, 1.807) is 0 Å². The zero-order valence-electron chi connectivity index (χ0n) is 14.3. The number of nitrogens with two attached hydrogens (primary N) is 1. The lowest BCUT2D eigenvalue weighted by molar-refractivity contribution is -0.132. The Morgan fingerprint density at radius 2 is 2.12 bits per heavy atom. The number of nitrogen functional groups attached to an aromatic ring is 1. The van der Waals surface area contributed by atoms with E-state index in [2.05, 4.69) is 16.3 Å². The lowest BCUT2D eigenvalue weighted by Gasteiger charge is -2.36. The molecule has 0 radical (unpaired) electrons. The Bertz CT molecular complexity index is 631. The van der Waals surface area contributed by atoms with Crippen LogP contribution in [0.15, 0.2) is 18.2 Å². The lowest BCUT2D eigenvalue weighted by atomic mass is 9.99. The topological polar surface area (TPSA) is 78.7 Å². The monoisotopic (exact) mass is 330 g/mol. The number of carbonyl (C=O) groups is 2. The van der Waals surface area contributed by atoms with E-state index in [0.29, 0.717) is 13.1 Å². The van der Waals surface area contributed by atoms with Crippen LogP contribution < -0.4 is 16.0 Å². The molecule has 1 aromatic rings. The molecule has 0 aliphatic carbocycles. The molecule has 1 saturated heterocycles. The second-order valence-electron chi connectivity index (χ2n) is 6.75. The summed E-state index contributed by atoms with van der Waals surface area (Å²) in [4.78, 5) is 28.0. The summed E-state index contributed by atoms with van der Waals surface area (Å²) in [7, 11) is 0. The van der Waals surface area contributed by atoms with E-state index in [9.17, 15) is 9.59 Å². The van der Waals surface area contributed by atoms with Crippen molar-refractivity contribution < 1.29 is 9.59 Å². The van der Waals surface area contributed by atoms with Crippen molar-refractivity contribution in [2.45, 2.75) is 38.6 Å². The van der Waals surface area contributed by atoms with Gasteiger partial charge in [0.1, 0.15) is 0 Å². The summed E-state index contributed by atoms with van der Waals surface area (Å²) in [6.07, 6.45) is 3.86. The first-order chi connectivity index (χ1) is 11.5. The lowest BCUT2D eigenvalue weighted by Crippen LogP contribution is -2.51. The summed E-state index contributed by atoms with van der Waals surface area (Å²) in [6.45, 7) is 4.16. The summed E-state index contributed by atoms with van der Waals surface area (Å²) in [5, 5.41) is 2.93. The molecule has 0 bridgehead atoms. The van der Waals surface area contributed by atoms with Gasteiger partial charge >= 0.3 is 0 Å². The van der Waals surface area contributed by atoms with Crippen molar-refractivity contribution in [2.24, 2.45) is 0 Å². The number of piperidine rings is 1. The number of nitrogens with one attached hydrogen (secondary N) is 1. The van der Waals surface area contributed by atoms with E-state index in [4.69, 9.17) is 5.73 Å². The largest absolute Gasteiger partial charge is 0.398 e. The maximum absolute atomic E-state index is 12.7. The Morgan fingerprint density at radius 3 is 2.92 bits per heavy atom. The molecule has 2 heterocycles. The fourth-order valence-electron chi connectivity index (χ4n) is 3.76. The van der Waals surface area contributed by atoms with Gasteiger partial charge in [0.2, 0.25) is 11.8 Å². The van der Waals surface area contributed by atoms with Gasteiger partial charge in [0.25, 0.3) is 0 Å². The van der Waals surface area contributed by atoms with E-state index in [1.165, 1.54) is 6.92 Å². The van der Waals surface area contributed by atoms with Gasteiger partial charge in [-0.05, 0) is 43.4 Å². The van der Waals surface area contributed by atoms with Crippen LogP contribution in [0.25, 0.3) is 0 Å². The Hall–Kier alpha value is -2.24. The minimum atomic E-state index is -0.0327. The quantitative estimate of drug-likeness (QED) is 0.815. The predicted octanol–water partition coefficient (Wildman–Crippen LogP) is 1.15. The molecule has 0 aromatic heterocycles. The molecule has 2 aliphatic rings. The summed E-state index contributed by atoms with van der Waals surface area (Å²) >= 11 is 0. The molecule has 3 N–H and O–H groups in total. The number of amides is 2. The Kier molecular flexibility index (Phi) is 4.92. The summed E-state index contributed by atoms with van der Waals surface area (Å²) < 4.78 is 0. The Labute approximate surface area is 143 Å². The van der Waals surface area contributed by atoms with Crippen molar-refractivity contribution in [3.63, 3.8) is 0 Å². The molecule has 1 atom stereocenters. The first kappa shape index (κ1) is 16.6. The van der Waals surface area contributed by atoms with Crippen LogP contribution in [0.5, 0.6) is 0 Å². The minimum Gasteiger partial charge on any atom is -0.398 e. The number of fused-ring (bicyclic) bond motifs is 1. The van der Waals surface area contributed by atoms with Crippen LogP contribution >= 0.6 is 0 Å². The van der Waals surface area contributed by atoms with Gasteiger partial charge in [0, 0.05) is 44.0 Å². The fraction of sp³-hybridized carbons (Fsp3) is 0.556. The number of likely N-dealkylation sites (tertiary alicyclic amines) is 1. The highest BCUT2D eigenvalue weighted by Gasteiger charge is 2.27. The van der Waals surface area contributed by atoms with Crippen LogP contribution in [-0.4, -0.2) is 48.9 Å². The summed E-state index contributed by atoms with van der Waals surface area (Å²) in [5.74, 6) is 0.0926. The Morgan fingerprint density at radius 1 is 1.29 bits per heavy atom. The maximum atomic E-state index is 12.7. The van der Waals surface area contributed by atoms with E-state index < -0.39 is 0 Å². The molecule has 130 valence electrons. The van der Waals surface area contributed by atoms with Crippen molar-refractivity contribution in [3.8, 4) is 0 Å². The van der Waals surface area contributed by atoms with Crippen LogP contribution in [0.4, 0.5) is 11.4 Å². The predicted molar refractivity (Wildman–Crippen MR) is 94.8 cm³/mol. The molecular formula is C18H26N4O2. The van der Waals surface area contributed by atoms with E-state index in [0.717, 1.165) is 55.7 Å². The number of nitrogens with zero attached hydrogens (tertiary/aromatic N) is 2. The molecule has 2 aliphatic heterocycles. The normalized spacial score (nSPS) is 20.5. The van der Waals surface area contributed by atoms with Gasteiger partial charge in [0.05, 0.1) is 6.54 Å². The molecule has 1 aromatic carbocycles. The second-order valence-corrected chi connectivity index (χ2v) is 6.75. The van der Waals surface area contributed by atoms with Crippen LogP contribution in [0.3, 0.4) is 0 Å². The average Bonchev–Trinajstić information content (AvgIpc) is 2.55. The van der Waals surface area contributed by atoms with Gasteiger partial charge < -0.3 is 20.9 Å². The Balaban J connectivity index is 1.65. The maximum Gasteiger partial charge on any atom is 0.242 e. The zero-order valence-corrected chi connectivity index (χ0v) is 14.3. The third kappa shape index (κ3) is 3.63. The molecule has 1 fully saturated rings. The molecule has 1 unspecified atom stereocenters. The molecule has 0 spiro atoms. The zero-order chi connectivity index (χ0) is 17.1.